The Balaban J connectivity index is 1.47. The number of rotatable bonds is 2. The molecule has 0 N–H and O–H groups in total. The number of pyridine rings is 1. The van der Waals surface area contributed by atoms with Gasteiger partial charge in [-0.2, -0.15) is 0 Å². The van der Waals surface area contributed by atoms with Crippen molar-refractivity contribution in [2.24, 2.45) is 0 Å². The van der Waals surface area contributed by atoms with E-state index in [9.17, 15) is 0 Å². The van der Waals surface area contributed by atoms with Gasteiger partial charge in [0.25, 0.3) is 0 Å². The van der Waals surface area contributed by atoms with Gasteiger partial charge < -0.3 is 14.2 Å². The van der Waals surface area contributed by atoms with Gasteiger partial charge in [0.05, 0.1) is 0 Å². The molecule has 3 aromatic rings. The quantitative estimate of drug-likeness (QED) is 0.726. The molecule has 0 aliphatic carbocycles. The smallest absolute Gasteiger partial charge is 0.208 e. The van der Waals surface area contributed by atoms with Crippen LogP contribution in [-0.2, 0) is 0 Å². The van der Waals surface area contributed by atoms with Gasteiger partial charge in [-0.15, -0.1) is 10.2 Å². The van der Waals surface area contributed by atoms with Gasteiger partial charge in [-0.25, -0.2) is 0 Å². The van der Waals surface area contributed by atoms with Gasteiger partial charge in [0.15, 0.2) is 5.01 Å². The molecule has 0 amide bonds. The van der Waals surface area contributed by atoms with Crippen molar-refractivity contribution in [2.45, 2.75) is 18.9 Å². The largest absolute Gasteiger partial charge is 0.342 e. The van der Waals surface area contributed by atoms with Gasteiger partial charge in [0, 0.05) is 55.7 Å². The second-order valence-electron chi connectivity index (χ2n) is 6.42. The normalized spacial score (nSPS) is 24.3. The molecule has 0 atom stereocenters. The van der Waals surface area contributed by atoms with E-state index in [0.29, 0.717) is 6.04 Å². The first-order chi connectivity index (χ1) is 11.4. The number of aromatic nitrogens is 3. The van der Waals surface area contributed by atoms with E-state index >= 15 is 0 Å². The molecule has 0 spiro atoms. The Morgan fingerprint density at radius 3 is 2.83 bits per heavy atom. The van der Waals surface area contributed by atoms with Crippen molar-refractivity contribution in [1.29, 1.82) is 0 Å². The summed E-state index contributed by atoms with van der Waals surface area (Å²) < 4.78 is 2.14. The van der Waals surface area contributed by atoms with E-state index in [1.165, 1.54) is 31.4 Å². The van der Waals surface area contributed by atoms with E-state index in [1.807, 2.05) is 6.07 Å². The molecule has 6 rings (SSSR count). The van der Waals surface area contributed by atoms with E-state index in [-0.39, 0.29) is 0 Å². The van der Waals surface area contributed by atoms with Gasteiger partial charge in [0.1, 0.15) is 0 Å². The fourth-order valence-corrected chi connectivity index (χ4v) is 4.68. The first-order valence-corrected chi connectivity index (χ1v) is 9.08. The van der Waals surface area contributed by atoms with Crippen molar-refractivity contribution in [3.8, 4) is 10.6 Å². The Morgan fingerprint density at radius 1 is 1.04 bits per heavy atom. The molecule has 23 heavy (non-hydrogen) atoms. The zero-order valence-corrected chi connectivity index (χ0v) is 13.7. The first-order valence-electron chi connectivity index (χ1n) is 8.26. The summed E-state index contributed by atoms with van der Waals surface area (Å²) in [4.78, 5) is 5.06. The number of nitrogens with zero attached hydrogens (tertiary/aromatic N) is 5. The lowest BCUT2D eigenvalue weighted by Gasteiger charge is -2.30. The zero-order valence-electron chi connectivity index (χ0n) is 12.9. The van der Waals surface area contributed by atoms with E-state index in [1.54, 1.807) is 11.3 Å². The average molecular weight is 325 g/mol. The maximum absolute atomic E-state index is 4.51. The molecule has 118 valence electrons. The summed E-state index contributed by atoms with van der Waals surface area (Å²) in [5, 5.41) is 11.1. The first kappa shape index (κ1) is 13.5. The van der Waals surface area contributed by atoms with Crippen molar-refractivity contribution in [2.75, 3.05) is 31.1 Å². The number of anilines is 1. The van der Waals surface area contributed by atoms with E-state index in [2.05, 4.69) is 55.0 Å². The minimum Gasteiger partial charge on any atom is -0.342 e. The van der Waals surface area contributed by atoms with Crippen LogP contribution in [0.1, 0.15) is 12.8 Å². The second-order valence-corrected chi connectivity index (χ2v) is 7.37. The molecule has 3 fully saturated rings. The van der Waals surface area contributed by atoms with Gasteiger partial charge in [-0.3, -0.25) is 0 Å². The van der Waals surface area contributed by atoms with Crippen LogP contribution in [0.2, 0.25) is 0 Å². The molecule has 0 radical (unpaired) electrons. The molecule has 3 aromatic heterocycles. The summed E-state index contributed by atoms with van der Waals surface area (Å²) in [6, 6.07) is 9.05. The van der Waals surface area contributed by atoms with E-state index < -0.39 is 0 Å². The molecule has 0 aromatic carbocycles. The van der Waals surface area contributed by atoms with Crippen molar-refractivity contribution < 1.29 is 0 Å². The van der Waals surface area contributed by atoms with Gasteiger partial charge in [-0.1, -0.05) is 17.4 Å². The zero-order chi connectivity index (χ0) is 15.2. The number of hydrogen-bond donors (Lipinski definition) is 0. The standard InChI is InChI=1S/C17H19N5S/c1-2-6-21-12-13(11-15(21)3-1)16-18-19-17(23-16)22-10-9-20-7-4-14(22)5-8-20/h1-3,6,11-12,14H,4-5,7-10H2. The maximum atomic E-state index is 4.51. The lowest BCUT2D eigenvalue weighted by Crippen LogP contribution is -2.37. The molecule has 5 nitrogen and oxygen atoms in total. The highest BCUT2D eigenvalue weighted by molar-refractivity contribution is 7.18. The lowest BCUT2D eigenvalue weighted by atomic mass is 10.1. The van der Waals surface area contributed by atoms with Crippen LogP contribution in [0.15, 0.2) is 36.7 Å². The summed E-state index contributed by atoms with van der Waals surface area (Å²) in [5.74, 6) is 0. The molecule has 0 unspecified atom stereocenters. The molecule has 6 heterocycles. The van der Waals surface area contributed by atoms with Gasteiger partial charge in [0.2, 0.25) is 5.13 Å². The van der Waals surface area contributed by atoms with Crippen LogP contribution in [0.25, 0.3) is 16.1 Å². The summed E-state index contributed by atoms with van der Waals surface area (Å²) >= 11 is 1.73. The molecule has 3 aliphatic rings. The fraction of sp³-hybridized carbons (Fsp3) is 0.412. The second kappa shape index (κ2) is 5.32. The minimum atomic E-state index is 0.641. The monoisotopic (exact) mass is 325 g/mol. The average Bonchev–Trinajstić information content (AvgIpc) is 3.14. The Kier molecular flexibility index (Phi) is 3.12. The molecule has 6 heteroatoms. The third kappa shape index (κ3) is 2.33. The predicted octanol–water partition coefficient (Wildman–Crippen LogP) is 2.74. The highest BCUT2D eigenvalue weighted by Crippen LogP contribution is 2.33. The molecule has 0 saturated carbocycles. The lowest BCUT2D eigenvalue weighted by molar-refractivity contribution is 0.250. The van der Waals surface area contributed by atoms with Crippen molar-refractivity contribution in [3.05, 3.63) is 36.7 Å². The van der Waals surface area contributed by atoms with Crippen LogP contribution in [0.5, 0.6) is 0 Å². The Bertz CT molecular complexity index is 797. The topological polar surface area (TPSA) is 36.7 Å². The maximum Gasteiger partial charge on any atom is 0.208 e. The summed E-state index contributed by atoms with van der Waals surface area (Å²) in [5.41, 5.74) is 2.35. The van der Waals surface area contributed by atoms with Crippen LogP contribution in [0.3, 0.4) is 0 Å². The molecule has 3 aliphatic heterocycles. The van der Waals surface area contributed by atoms with E-state index in [4.69, 9.17) is 0 Å². The highest BCUT2D eigenvalue weighted by atomic mass is 32.1. The highest BCUT2D eigenvalue weighted by Gasteiger charge is 2.30. The van der Waals surface area contributed by atoms with Gasteiger partial charge >= 0.3 is 0 Å². The number of fused-ring (bicyclic) bond motifs is 5. The van der Waals surface area contributed by atoms with Crippen LogP contribution in [0, 0.1) is 0 Å². The third-order valence-electron chi connectivity index (χ3n) is 5.07. The van der Waals surface area contributed by atoms with Crippen molar-refractivity contribution in [3.63, 3.8) is 0 Å². The molecule has 2 bridgehead atoms. The number of piperidine rings is 1. The van der Waals surface area contributed by atoms with Crippen LogP contribution in [-0.4, -0.2) is 51.7 Å². The summed E-state index contributed by atoms with van der Waals surface area (Å²) in [7, 11) is 0. The predicted molar refractivity (Wildman–Crippen MR) is 93.1 cm³/mol. The molecular formula is C17H19N5S. The minimum absolute atomic E-state index is 0.641. The molecule has 3 saturated heterocycles. The number of hydrogen-bond acceptors (Lipinski definition) is 5. The summed E-state index contributed by atoms with van der Waals surface area (Å²) in [6.45, 7) is 4.70. The Morgan fingerprint density at radius 2 is 1.96 bits per heavy atom. The van der Waals surface area contributed by atoms with Crippen molar-refractivity contribution in [1.82, 2.24) is 19.5 Å². The Hall–Kier alpha value is -1.92. The van der Waals surface area contributed by atoms with E-state index in [0.717, 1.165) is 28.8 Å². The fourth-order valence-electron chi connectivity index (χ4n) is 3.76. The third-order valence-corrected chi connectivity index (χ3v) is 6.08. The van der Waals surface area contributed by atoms with Crippen molar-refractivity contribution >= 4 is 22.0 Å². The van der Waals surface area contributed by atoms with Crippen LogP contribution in [0.4, 0.5) is 5.13 Å². The summed E-state index contributed by atoms with van der Waals surface area (Å²) in [6.07, 6.45) is 6.72. The Labute approximate surface area is 139 Å². The molecular weight excluding hydrogens is 306 g/mol. The van der Waals surface area contributed by atoms with Crippen LogP contribution >= 0.6 is 11.3 Å². The SMILES string of the molecule is c1ccn2cc(-c3nnc(N4CCN5CCC4CC5)s3)cc2c1. The van der Waals surface area contributed by atoms with Crippen LogP contribution < -0.4 is 4.90 Å². The van der Waals surface area contributed by atoms with Gasteiger partial charge in [-0.05, 0) is 31.0 Å².